The summed E-state index contributed by atoms with van der Waals surface area (Å²) in [4.78, 5) is 0. The van der Waals surface area contributed by atoms with E-state index in [9.17, 15) is 8.76 Å². The van der Waals surface area contributed by atoms with E-state index >= 15 is 0 Å². The third-order valence-corrected chi connectivity index (χ3v) is 8.24. The summed E-state index contributed by atoms with van der Waals surface area (Å²) in [6, 6.07) is 0. The molecule has 212 valence electrons. The van der Waals surface area contributed by atoms with E-state index in [-0.39, 0.29) is 24.0 Å². The van der Waals surface area contributed by atoms with Crippen LogP contribution < -0.4 is 0 Å². The van der Waals surface area contributed by atoms with Crippen LogP contribution in [0, 0.1) is 11.8 Å². The Bertz CT molecular complexity index is 458. The van der Waals surface area contributed by atoms with Crippen molar-refractivity contribution >= 4 is 7.91 Å². The summed E-state index contributed by atoms with van der Waals surface area (Å²) in [5.74, 6) is 0.234. The summed E-state index contributed by atoms with van der Waals surface area (Å²) in [6.45, 7) is 12.5. The fourth-order valence-electron chi connectivity index (χ4n) is 4.68. The summed E-state index contributed by atoms with van der Waals surface area (Å²) in [5, 5.41) is 0. The maximum Gasteiger partial charge on any atom is 0.513 e. The summed E-state index contributed by atoms with van der Waals surface area (Å²) < 4.78 is 38.7. The van der Waals surface area contributed by atoms with Crippen LogP contribution >= 0.6 is 7.91 Å². The zero-order chi connectivity index (χ0) is 26.4. The van der Waals surface area contributed by atoms with Gasteiger partial charge in [-0.15, -0.1) is 4.20 Å². The lowest BCUT2D eigenvalue weighted by Crippen LogP contribution is -2.22. The average molecular weight is 521 g/mol. The molecule has 2 atom stereocenters. The topological polar surface area (TPSA) is 35.5 Å². The molecule has 0 amide bonds. The van der Waals surface area contributed by atoms with Crippen molar-refractivity contribution in [3.8, 4) is 0 Å². The number of unbranched alkanes of at least 4 members (excludes halogenated alkanes) is 16. The van der Waals surface area contributed by atoms with E-state index in [0.717, 1.165) is 38.5 Å². The van der Waals surface area contributed by atoms with Crippen molar-refractivity contribution in [1.82, 2.24) is 0 Å². The van der Waals surface area contributed by atoms with Gasteiger partial charge in [0.2, 0.25) is 0 Å². The maximum atomic E-state index is 15.0. The van der Waals surface area contributed by atoms with Crippen molar-refractivity contribution < 1.29 is 17.8 Å². The van der Waals surface area contributed by atoms with Crippen molar-refractivity contribution in [2.75, 3.05) is 0 Å². The van der Waals surface area contributed by atoms with Crippen LogP contribution in [0.15, 0.2) is 0 Å². The predicted octanol–water partition coefficient (Wildman–Crippen LogP) is 12.0. The predicted molar refractivity (Wildman–Crippen MR) is 152 cm³/mol. The van der Waals surface area contributed by atoms with E-state index in [1.165, 1.54) is 89.9 Å². The SMILES string of the molecule is CCCCCCCCCCCC(OP(=O)(F)OC(CCCCCCCCCCC)C(C)C)C(C)C. The molecule has 0 heterocycles. The Balaban J connectivity index is 4.25. The first-order valence-corrected chi connectivity index (χ1v) is 16.8. The van der Waals surface area contributed by atoms with Gasteiger partial charge < -0.3 is 0 Å². The molecule has 0 aromatic rings. The Kier molecular flexibility index (Phi) is 23.3. The molecule has 0 radical (unpaired) electrons. The highest BCUT2D eigenvalue weighted by molar-refractivity contribution is 7.48. The molecule has 0 bridgehead atoms. The molecular weight excluding hydrogens is 458 g/mol. The molecule has 5 heteroatoms. The molecule has 0 rings (SSSR count). The Morgan fingerprint density at radius 2 is 0.771 bits per heavy atom. The maximum absolute atomic E-state index is 15.0. The second kappa shape index (κ2) is 23.2. The molecule has 3 nitrogen and oxygen atoms in total. The molecule has 0 aliphatic carbocycles. The van der Waals surface area contributed by atoms with E-state index in [1.54, 1.807) is 0 Å². The van der Waals surface area contributed by atoms with Gasteiger partial charge in [0.25, 0.3) is 0 Å². The summed E-state index contributed by atoms with van der Waals surface area (Å²) in [5.41, 5.74) is 0. The van der Waals surface area contributed by atoms with Gasteiger partial charge in [-0.1, -0.05) is 157 Å². The number of hydrogen-bond acceptors (Lipinski definition) is 3. The van der Waals surface area contributed by atoms with Gasteiger partial charge in [0.1, 0.15) is 0 Å². The molecule has 0 N–H and O–H groups in total. The number of halogens is 1. The van der Waals surface area contributed by atoms with Gasteiger partial charge >= 0.3 is 7.91 Å². The Labute approximate surface area is 219 Å². The average Bonchev–Trinajstić information content (AvgIpc) is 2.80. The van der Waals surface area contributed by atoms with Crippen LogP contribution in [0.25, 0.3) is 0 Å². The van der Waals surface area contributed by atoms with Gasteiger partial charge in [-0.25, -0.2) is 4.57 Å². The fourth-order valence-corrected chi connectivity index (χ4v) is 6.07. The minimum absolute atomic E-state index is 0.117. The highest BCUT2D eigenvalue weighted by Gasteiger charge is 2.34. The molecule has 0 aliphatic heterocycles. The first kappa shape index (κ1) is 35.1. The Hall–Kier alpha value is 0.0800. The smallest absolute Gasteiger partial charge is 0.280 e. The minimum atomic E-state index is -4.57. The second-order valence-electron chi connectivity index (χ2n) is 11.4. The van der Waals surface area contributed by atoms with Gasteiger partial charge in [0, 0.05) is 0 Å². The van der Waals surface area contributed by atoms with Crippen molar-refractivity contribution in [2.45, 2.75) is 182 Å². The van der Waals surface area contributed by atoms with Crippen LogP contribution in [0.5, 0.6) is 0 Å². The first-order valence-electron chi connectivity index (χ1n) is 15.4. The monoisotopic (exact) mass is 520 g/mol. The van der Waals surface area contributed by atoms with Gasteiger partial charge in [0.05, 0.1) is 12.2 Å². The van der Waals surface area contributed by atoms with E-state index < -0.39 is 7.91 Å². The molecule has 0 aromatic heterocycles. The minimum Gasteiger partial charge on any atom is -0.280 e. The largest absolute Gasteiger partial charge is 0.513 e. The molecule has 0 saturated heterocycles. The Morgan fingerprint density at radius 3 is 1.03 bits per heavy atom. The summed E-state index contributed by atoms with van der Waals surface area (Å²) in [7, 11) is -4.57. The lowest BCUT2D eigenvalue weighted by Gasteiger charge is -2.27. The van der Waals surface area contributed by atoms with Crippen LogP contribution in [0.4, 0.5) is 4.20 Å². The van der Waals surface area contributed by atoms with Crippen molar-refractivity contribution in [3.63, 3.8) is 0 Å². The van der Waals surface area contributed by atoms with E-state index in [4.69, 9.17) is 9.05 Å². The third kappa shape index (κ3) is 21.8. The molecule has 0 saturated carbocycles. The lowest BCUT2D eigenvalue weighted by molar-refractivity contribution is 0.0471. The third-order valence-electron chi connectivity index (χ3n) is 7.19. The normalized spacial score (nSPS) is 15.6. The summed E-state index contributed by atoms with van der Waals surface area (Å²) in [6.07, 6.45) is 23.3. The molecular formula is C30H62FO3P. The highest BCUT2D eigenvalue weighted by atomic mass is 31.2. The van der Waals surface area contributed by atoms with Crippen LogP contribution in [0.2, 0.25) is 0 Å². The zero-order valence-corrected chi connectivity index (χ0v) is 25.4. The Morgan fingerprint density at radius 1 is 0.514 bits per heavy atom. The first-order chi connectivity index (χ1) is 16.7. The van der Waals surface area contributed by atoms with Gasteiger partial charge in [-0.2, -0.15) is 0 Å². The summed E-state index contributed by atoms with van der Waals surface area (Å²) >= 11 is 0. The zero-order valence-electron chi connectivity index (χ0n) is 24.5. The van der Waals surface area contributed by atoms with E-state index in [2.05, 4.69) is 13.8 Å². The van der Waals surface area contributed by atoms with Gasteiger partial charge in [0.15, 0.2) is 0 Å². The van der Waals surface area contributed by atoms with Crippen LogP contribution in [0.3, 0.4) is 0 Å². The molecule has 0 fully saturated rings. The van der Waals surface area contributed by atoms with Crippen molar-refractivity contribution in [1.29, 1.82) is 0 Å². The van der Waals surface area contributed by atoms with Crippen molar-refractivity contribution in [2.24, 2.45) is 11.8 Å². The fraction of sp³-hybridized carbons (Fsp3) is 1.00. The molecule has 2 unspecified atom stereocenters. The van der Waals surface area contributed by atoms with E-state index in [0.29, 0.717) is 0 Å². The van der Waals surface area contributed by atoms with Crippen LogP contribution in [0.1, 0.15) is 170 Å². The quantitative estimate of drug-likeness (QED) is 0.0840. The van der Waals surface area contributed by atoms with E-state index in [1.807, 2.05) is 27.7 Å². The highest BCUT2D eigenvalue weighted by Crippen LogP contribution is 2.54. The lowest BCUT2D eigenvalue weighted by atomic mass is 10.00. The number of rotatable bonds is 26. The molecule has 0 spiro atoms. The van der Waals surface area contributed by atoms with Crippen LogP contribution in [-0.4, -0.2) is 12.2 Å². The molecule has 0 aliphatic rings. The standard InChI is InChI=1S/C30H62FO3P/c1-7-9-11-13-15-17-19-21-23-25-29(27(3)4)33-35(31,32)34-30(28(5)6)26-24-22-20-18-16-14-12-10-8-2/h27-30H,7-26H2,1-6H3. The van der Waals surface area contributed by atoms with Crippen LogP contribution in [-0.2, 0) is 13.6 Å². The van der Waals surface area contributed by atoms with Gasteiger partial charge in [-0.3, -0.25) is 9.05 Å². The van der Waals surface area contributed by atoms with Gasteiger partial charge in [-0.05, 0) is 24.7 Å². The second-order valence-corrected chi connectivity index (χ2v) is 12.7. The number of hydrogen-bond donors (Lipinski definition) is 0. The molecule has 0 aromatic carbocycles. The molecule has 35 heavy (non-hydrogen) atoms. The van der Waals surface area contributed by atoms with Crippen molar-refractivity contribution in [3.05, 3.63) is 0 Å².